The summed E-state index contributed by atoms with van der Waals surface area (Å²) < 4.78 is 2.02. The lowest BCUT2D eigenvalue weighted by molar-refractivity contribution is 0.0955. The Morgan fingerprint density at radius 2 is 1.91 bits per heavy atom. The van der Waals surface area contributed by atoms with E-state index in [0.717, 1.165) is 16.5 Å². The summed E-state index contributed by atoms with van der Waals surface area (Å²) in [6.45, 7) is 0. The molecule has 0 aliphatic heterocycles. The maximum absolute atomic E-state index is 12.0. The predicted octanol–water partition coefficient (Wildman–Crippen LogP) is 3.60. The second-order valence-corrected chi connectivity index (χ2v) is 5.30. The normalized spacial score (nSPS) is 11.2. The number of hydrazone groups is 1. The molecule has 0 aliphatic carbocycles. The Hall–Kier alpha value is -2.59. The van der Waals surface area contributed by atoms with Crippen LogP contribution < -0.4 is 5.43 Å². The van der Waals surface area contributed by atoms with Crippen molar-refractivity contribution in [3.8, 4) is 0 Å². The molecule has 2 aromatic carbocycles. The highest BCUT2D eigenvalue weighted by molar-refractivity contribution is 6.33. The van der Waals surface area contributed by atoms with Crippen molar-refractivity contribution >= 4 is 34.6 Å². The third-order valence-corrected chi connectivity index (χ3v) is 3.75. The van der Waals surface area contributed by atoms with Crippen molar-refractivity contribution < 1.29 is 4.79 Å². The Labute approximate surface area is 133 Å². The number of benzene rings is 2. The number of fused-ring (bicyclic) bond motifs is 1. The van der Waals surface area contributed by atoms with Gasteiger partial charge in [0.25, 0.3) is 5.91 Å². The molecular formula is C17H14ClN3O. The van der Waals surface area contributed by atoms with Gasteiger partial charge in [-0.2, -0.15) is 5.10 Å². The second-order valence-electron chi connectivity index (χ2n) is 4.89. The van der Waals surface area contributed by atoms with Crippen LogP contribution in [0, 0.1) is 0 Å². The molecule has 3 rings (SSSR count). The molecule has 110 valence electrons. The van der Waals surface area contributed by atoms with Gasteiger partial charge in [-0.3, -0.25) is 4.79 Å². The third-order valence-electron chi connectivity index (χ3n) is 3.42. The first kappa shape index (κ1) is 14.4. The van der Waals surface area contributed by atoms with Gasteiger partial charge in [-0.1, -0.05) is 41.9 Å². The van der Waals surface area contributed by atoms with Crippen LogP contribution in [0.2, 0.25) is 5.02 Å². The van der Waals surface area contributed by atoms with Gasteiger partial charge in [-0.15, -0.1) is 0 Å². The highest BCUT2D eigenvalue weighted by Gasteiger charge is 2.08. The summed E-state index contributed by atoms with van der Waals surface area (Å²) in [7, 11) is 1.97. The van der Waals surface area contributed by atoms with E-state index in [1.807, 2.05) is 42.1 Å². The maximum Gasteiger partial charge on any atom is 0.272 e. The topological polar surface area (TPSA) is 46.4 Å². The van der Waals surface area contributed by atoms with Gasteiger partial charge >= 0.3 is 0 Å². The van der Waals surface area contributed by atoms with Gasteiger partial charge in [0.2, 0.25) is 0 Å². The summed E-state index contributed by atoms with van der Waals surface area (Å²) in [5, 5.41) is 5.51. The van der Waals surface area contributed by atoms with Crippen LogP contribution in [0.3, 0.4) is 0 Å². The highest BCUT2D eigenvalue weighted by Crippen LogP contribution is 2.18. The maximum atomic E-state index is 12.0. The summed E-state index contributed by atoms with van der Waals surface area (Å²) in [5.74, 6) is -0.331. The number of carbonyl (C=O) groups excluding carboxylic acids is 1. The summed E-state index contributed by atoms with van der Waals surface area (Å²) in [4.78, 5) is 12.0. The van der Waals surface area contributed by atoms with Crippen LogP contribution in [-0.2, 0) is 7.05 Å². The van der Waals surface area contributed by atoms with Gasteiger partial charge in [-0.25, -0.2) is 5.43 Å². The molecule has 0 aliphatic rings. The van der Waals surface area contributed by atoms with Gasteiger partial charge in [0, 0.05) is 29.7 Å². The molecule has 1 amide bonds. The Morgan fingerprint density at radius 3 is 2.73 bits per heavy atom. The molecule has 0 saturated carbocycles. The largest absolute Gasteiger partial charge is 0.350 e. The minimum atomic E-state index is -0.331. The number of rotatable bonds is 3. The van der Waals surface area contributed by atoms with Crippen molar-refractivity contribution in [3.05, 3.63) is 70.9 Å². The molecule has 0 fully saturated rings. The fourth-order valence-electron chi connectivity index (χ4n) is 2.34. The lowest BCUT2D eigenvalue weighted by Gasteiger charge is -2.01. The molecule has 3 aromatic rings. The van der Waals surface area contributed by atoms with Gasteiger partial charge in [0.1, 0.15) is 0 Å². The fourth-order valence-corrected chi connectivity index (χ4v) is 2.56. The molecule has 22 heavy (non-hydrogen) atoms. The molecule has 1 aromatic heterocycles. The van der Waals surface area contributed by atoms with Crippen molar-refractivity contribution in [2.24, 2.45) is 12.1 Å². The molecule has 1 N–H and O–H groups in total. The molecule has 0 spiro atoms. The number of hydrogen-bond donors (Lipinski definition) is 1. The van der Waals surface area contributed by atoms with Gasteiger partial charge in [0.15, 0.2) is 0 Å². The van der Waals surface area contributed by atoms with Gasteiger partial charge < -0.3 is 4.57 Å². The van der Waals surface area contributed by atoms with E-state index >= 15 is 0 Å². The standard InChI is InChI=1S/C17H14ClN3O/c1-21-11-12(13-6-3-5-9-16(13)21)10-19-20-17(22)14-7-2-4-8-15(14)18/h2-11H,1H3,(H,20,22)/b19-10+. The molecule has 1 heterocycles. The van der Waals surface area contributed by atoms with Crippen LogP contribution in [0.5, 0.6) is 0 Å². The summed E-state index contributed by atoms with van der Waals surface area (Å²) >= 11 is 5.98. The fraction of sp³-hybridized carbons (Fsp3) is 0.0588. The van der Waals surface area contributed by atoms with Crippen LogP contribution in [0.1, 0.15) is 15.9 Å². The average Bonchev–Trinajstić information content (AvgIpc) is 2.85. The van der Waals surface area contributed by atoms with E-state index < -0.39 is 0 Å². The zero-order valence-corrected chi connectivity index (χ0v) is 12.7. The number of aromatic nitrogens is 1. The van der Waals surface area contributed by atoms with E-state index in [1.54, 1.807) is 30.5 Å². The van der Waals surface area contributed by atoms with E-state index in [9.17, 15) is 4.79 Å². The number of halogens is 1. The summed E-state index contributed by atoms with van der Waals surface area (Å²) in [6, 6.07) is 14.9. The summed E-state index contributed by atoms with van der Waals surface area (Å²) in [6.07, 6.45) is 3.60. The van der Waals surface area contributed by atoms with Crippen molar-refractivity contribution in [2.45, 2.75) is 0 Å². The number of amides is 1. The van der Waals surface area contributed by atoms with Gasteiger partial charge in [-0.05, 0) is 18.2 Å². The SMILES string of the molecule is Cn1cc(/C=N/NC(=O)c2ccccc2Cl)c2ccccc21. The molecule has 5 heteroatoms. The Morgan fingerprint density at radius 1 is 1.18 bits per heavy atom. The number of carbonyl (C=O) groups is 1. The number of aryl methyl sites for hydroxylation is 1. The molecule has 0 unspecified atom stereocenters. The third kappa shape index (κ3) is 2.73. The first-order chi connectivity index (χ1) is 10.7. The molecular weight excluding hydrogens is 298 g/mol. The predicted molar refractivity (Wildman–Crippen MR) is 89.4 cm³/mol. The van der Waals surface area contributed by atoms with Crippen molar-refractivity contribution in [1.82, 2.24) is 9.99 Å². The van der Waals surface area contributed by atoms with Crippen LogP contribution >= 0.6 is 11.6 Å². The lowest BCUT2D eigenvalue weighted by Crippen LogP contribution is -2.17. The lowest BCUT2D eigenvalue weighted by atomic mass is 10.2. The molecule has 0 saturated heterocycles. The first-order valence-corrected chi connectivity index (χ1v) is 7.16. The van der Waals surface area contributed by atoms with Crippen LogP contribution in [0.25, 0.3) is 10.9 Å². The molecule has 0 bridgehead atoms. The number of nitrogens with zero attached hydrogens (tertiary/aromatic N) is 2. The second kappa shape index (κ2) is 6.03. The summed E-state index contributed by atoms with van der Waals surface area (Å²) in [5.41, 5.74) is 4.96. The van der Waals surface area contributed by atoms with E-state index in [2.05, 4.69) is 10.5 Å². The smallest absolute Gasteiger partial charge is 0.272 e. The monoisotopic (exact) mass is 311 g/mol. The first-order valence-electron chi connectivity index (χ1n) is 6.79. The van der Waals surface area contributed by atoms with Gasteiger partial charge in [0.05, 0.1) is 16.8 Å². The minimum absolute atomic E-state index is 0.331. The number of para-hydroxylation sites is 1. The Balaban J connectivity index is 1.80. The van der Waals surface area contributed by atoms with Crippen molar-refractivity contribution in [2.75, 3.05) is 0 Å². The minimum Gasteiger partial charge on any atom is -0.350 e. The number of hydrogen-bond acceptors (Lipinski definition) is 2. The van der Waals surface area contributed by atoms with Crippen LogP contribution in [0.4, 0.5) is 0 Å². The van der Waals surface area contributed by atoms with E-state index in [0.29, 0.717) is 10.6 Å². The average molecular weight is 312 g/mol. The highest BCUT2D eigenvalue weighted by atomic mass is 35.5. The zero-order valence-electron chi connectivity index (χ0n) is 12.0. The quantitative estimate of drug-likeness (QED) is 0.583. The number of nitrogens with one attached hydrogen (secondary N) is 1. The molecule has 0 radical (unpaired) electrons. The van der Waals surface area contributed by atoms with Crippen LogP contribution in [-0.4, -0.2) is 16.7 Å². The Kier molecular flexibility index (Phi) is 3.94. The molecule has 4 nitrogen and oxygen atoms in total. The zero-order chi connectivity index (χ0) is 15.5. The van der Waals surface area contributed by atoms with Crippen molar-refractivity contribution in [3.63, 3.8) is 0 Å². The van der Waals surface area contributed by atoms with E-state index in [1.165, 1.54) is 0 Å². The van der Waals surface area contributed by atoms with Crippen LogP contribution in [0.15, 0.2) is 59.8 Å². The van der Waals surface area contributed by atoms with E-state index in [4.69, 9.17) is 11.6 Å². The Bertz CT molecular complexity index is 867. The van der Waals surface area contributed by atoms with E-state index in [-0.39, 0.29) is 5.91 Å². The van der Waals surface area contributed by atoms with Crippen molar-refractivity contribution in [1.29, 1.82) is 0 Å². The molecule has 0 atom stereocenters.